The molecule has 0 aliphatic rings. The van der Waals surface area contributed by atoms with Crippen molar-refractivity contribution in [3.05, 3.63) is 58.3 Å². The third-order valence-corrected chi connectivity index (χ3v) is 2.84. The van der Waals surface area contributed by atoms with Gasteiger partial charge in [0.25, 0.3) is 5.91 Å². The van der Waals surface area contributed by atoms with Gasteiger partial charge in [-0.1, -0.05) is 22.0 Å². The molecular weight excluding hydrogens is 299 g/mol. The van der Waals surface area contributed by atoms with Crippen LogP contribution in [-0.2, 0) is 0 Å². The Kier molecular flexibility index (Phi) is 3.62. The molecule has 0 radical (unpaired) electrons. The van der Waals surface area contributed by atoms with Crippen LogP contribution in [0.5, 0.6) is 0 Å². The number of nitrogens with one attached hydrogen (secondary N) is 1. The van der Waals surface area contributed by atoms with Crippen LogP contribution in [0.3, 0.4) is 0 Å². The van der Waals surface area contributed by atoms with Gasteiger partial charge in [-0.2, -0.15) is 0 Å². The van der Waals surface area contributed by atoms with Gasteiger partial charge in [-0.15, -0.1) is 0 Å². The van der Waals surface area contributed by atoms with Gasteiger partial charge in [0.05, 0.1) is 11.4 Å². The summed E-state index contributed by atoms with van der Waals surface area (Å²) in [7, 11) is 0. The summed E-state index contributed by atoms with van der Waals surface area (Å²) in [6.45, 7) is 0. The third-order valence-electron chi connectivity index (χ3n) is 2.35. The number of benzene rings is 2. The van der Waals surface area contributed by atoms with Gasteiger partial charge in [-0.05, 0) is 36.4 Å². The van der Waals surface area contributed by atoms with Gasteiger partial charge >= 0.3 is 0 Å². The van der Waals surface area contributed by atoms with Crippen molar-refractivity contribution in [1.29, 1.82) is 0 Å². The molecule has 0 fully saturated rings. The average Bonchev–Trinajstić information content (AvgIpc) is 2.32. The molecule has 0 aliphatic carbocycles. The summed E-state index contributed by atoms with van der Waals surface area (Å²) in [5.74, 6) is -0.734. The molecule has 3 nitrogen and oxygen atoms in total. The highest BCUT2D eigenvalue weighted by Crippen LogP contribution is 2.20. The molecule has 92 valence electrons. The predicted molar refractivity (Wildman–Crippen MR) is 72.9 cm³/mol. The van der Waals surface area contributed by atoms with Crippen LogP contribution in [0.2, 0.25) is 0 Å². The number of rotatable bonds is 2. The number of hydrogen-bond acceptors (Lipinski definition) is 2. The second kappa shape index (κ2) is 5.18. The van der Waals surface area contributed by atoms with Crippen molar-refractivity contribution in [2.75, 3.05) is 11.1 Å². The quantitative estimate of drug-likeness (QED) is 0.835. The van der Waals surface area contributed by atoms with Crippen LogP contribution >= 0.6 is 15.9 Å². The molecule has 2 aromatic rings. The Morgan fingerprint density at radius 2 is 2.00 bits per heavy atom. The lowest BCUT2D eigenvalue weighted by molar-refractivity contribution is 0.102. The van der Waals surface area contributed by atoms with Crippen LogP contribution < -0.4 is 11.1 Å². The molecule has 0 aromatic heterocycles. The van der Waals surface area contributed by atoms with Gasteiger partial charge in [0.1, 0.15) is 5.82 Å². The molecule has 0 spiro atoms. The lowest BCUT2D eigenvalue weighted by Gasteiger charge is -2.08. The summed E-state index contributed by atoms with van der Waals surface area (Å²) in [5, 5.41) is 2.63. The molecule has 1 amide bonds. The van der Waals surface area contributed by atoms with Gasteiger partial charge in [-0.25, -0.2) is 4.39 Å². The maximum absolute atomic E-state index is 12.9. The van der Waals surface area contributed by atoms with Crippen LogP contribution in [0.4, 0.5) is 15.8 Å². The van der Waals surface area contributed by atoms with E-state index in [1.165, 1.54) is 12.1 Å². The van der Waals surface area contributed by atoms with Crippen LogP contribution in [0.1, 0.15) is 10.4 Å². The molecule has 0 unspecified atom stereocenters. The Morgan fingerprint density at radius 3 is 2.67 bits per heavy atom. The molecule has 0 saturated carbocycles. The smallest absolute Gasteiger partial charge is 0.255 e. The first-order valence-electron chi connectivity index (χ1n) is 5.18. The first-order chi connectivity index (χ1) is 8.56. The maximum Gasteiger partial charge on any atom is 0.255 e. The van der Waals surface area contributed by atoms with Gasteiger partial charge in [-0.3, -0.25) is 4.79 Å². The number of nitrogens with two attached hydrogens (primary N) is 1. The fraction of sp³-hybridized carbons (Fsp3) is 0. The molecule has 2 aromatic carbocycles. The Labute approximate surface area is 112 Å². The minimum atomic E-state index is -0.437. The fourth-order valence-electron chi connectivity index (χ4n) is 1.47. The zero-order valence-corrected chi connectivity index (χ0v) is 10.9. The summed E-state index contributed by atoms with van der Waals surface area (Å²) >= 11 is 3.29. The zero-order chi connectivity index (χ0) is 13.1. The Bertz CT molecular complexity index is 601. The standard InChI is InChI=1S/C13H10BrFN2O/c14-9-3-1-2-8(6-9)13(18)17-12-5-4-10(15)7-11(12)16/h1-7H,16H2,(H,17,18). The first-order valence-corrected chi connectivity index (χ1v) is 5.97. The van der Waals surface area contributed by atoms with Crippen LogP contribution in [0.15, 0.2) is 46.9 Å². The van der Waals surface area contributed by atoms with E-state index in [0.29, 0.717) is 11.3 Å². The number of amides is 1. The SMILES string of the molecule is Nc1cc(F)ccc1NC(=O)c1cccc(Br)c1. The van der Waals surface area contributed by atoms with E-state index in [2.05, 4.69) is 21.2 Å². The average molecular weight is 309 g/mol. The van der Waals surface area contributed by atoms with E-state index in [-0.39, 0.29) is 11.6 Å². The Balaban J connectivity index is 2.21. The number of carbonyl (C=O) groups is 1. The Hall–Kier alpha value is -1.88. The van der Waals surface area contributed by atoms with E-state index < -0.39 is 5.82 Å². The number of halogens is 2. The van der Waals surface area contributed by atoms with E-state index in [4.69, 9.17) is 5.73 Å². The van der Waals surface area contributed by atoms with Crippen molar-refractivity contribution < 1.29 is 9.18 Å². The molecule has 0 heterocycles. The summed E-state index contributed by atoms with van der Waals surface area (Å²) < 4.78 is 13.7. The molecule has 5 heteroatoms. The lowest BCUT2D eigenvalue weighted by Crippen LogP contribution is -2.13. The van der Waals surface area contributed by atoms with E-state index in [9.17, 15) is 9.18 Å². The van der Waals surface area contributed by atoms with Gasteiger partial charge in [0.2, 0.25) is 0 Å². The van der Waals surface area contributed by atoms with Crippen LogP contribution in [0, 0.1) is 5.82 Å². The summed E-state index contributed by atoms with van der Waals surface area (Å²) in [6.07, 6.45) is 0. The van der Waals surface area contributed by atoms with E-state index in [1.54, 1.807) is 18.2 Å². The predicted octanol–water partition coefficient (Wildman–Crippen LogP) is 3.42. The summed E-state index contributed by atoms with van der Waals surface area (Å²) in [5.41, 5.74) is 6.69. The van der Waals surface area contributed by atoms with Crippen molar-refractivity contribution in [3.63, 3.8) is 0 Å². The summed E-state index contributed by atoms with van der Waals surface area (Å²) in [6, 6.07) is 10.8. The zero-order valence-electron chi connectivity index (χ0n) is 9.28. The van der Waals surface area contributed by atoms with E-state index in [1.807, 2.05) is 6.07 Å². The second-order valence-corrected chi connectivity index (χ2v) is 4.61. The second-order valence-electron chi connectivity index (χ2n) is 3.70. The number of hydrogen-bond donors (Lipinski definition) is 2. The minimum Gasteiger partial charge on any atom is -0.397 e. The molecule has 2 rings (SSSR count). The normalized spacial score (nSPS) is 10.1. The van der Waals surface area contributed by atoms with E-state index >= 15 is 0 Å². The number of carbonyl (C=O) groups excluding carboxylic acids is 1. The van der Waals surface area contributed by atoms with Crippen molar-refractivity contribution in [3.8, 4) is 0 Å². The van der Waals surface area contributed by atoms with Crippen molar-refractivity contribution >= 4 is 33.2 Å². The topological polar surface area (TPSA) is 55.1 Å². The minimum absolute atomic E-state index is 0.193. The maximum atomic E-state index is 12.9. The molecule has 0 atom stereocenters. The van der Waals surface area contributed by atoms with E-state index in [0.717, 1.165) is 10.5 Å². The van der Waals surface area contributed by atoms with Crippen LogP contribution in [0.25, 0.3) is 0 Å². The van der Waals surface area contributed by atoms with Crippen molar-refractivity contribution in [2.45, 2.75) is 0 Å². The van der Waals surface area contributed by atoms with Crippen LogP contribution in [-0.4, -0.2) is 5.91 Å². The van der Waals surface area contributed by atoms with Crippen molar-refractivity contribution in [1.82, 2.24) is 0 Å². The molecule has 0 bridgehead atoms. The highest BCUT2D eigenvalue weighted by molar-refractivity contribution is 9.10. The highest BCUT2D eigenvalue weighted by atomic mass is 79.9. The largest absolute Gasteiger partial charge is 0.397 e. The first kappa shape index (κ1) is 12.6. The lowest BCUT2D eigenvalue weighted by atomic mass is 10.2. The molecular formula is C13H10BrFN2O. The van der Waals surface area contributed by atoms with Crippen molar-refractivity contribution in [2.24, 2.45) is 0 Å². The van der Waals surface area contributed by atoms with Gasteiger partial charge in [0.15, 0.2) is 0 Å². The van der Waals surface area contributed by atoms with Gasteiger partial charge < -0.3 is 11.1 Å². The summed E-state index contributed by atoms with van der Waals surface area (Å²) in [4.78, 5) is 11.9. The number of anilines is 2. The monoisotopic (exact) mass is 308 g/mol. The molecule has 0 saturated heterocycles. The molecule has 18 heavy (non-hydrogen) atoms. The highest BCUT2D eigenvalue weighted by Gasteiger charge is 2.08. The molecule has 0 aliphatic heterocycles. The third kappa shape index (κ3) is 2.87. The fourth-order valence-corrected chi connectivity index (χ4v) is 1.87. The Morgan fingerprint density at radius 1 is 1.22 bits per heavy atom. The molecule has 3 N–H and O–H groups in total. The number of nitrogen functional groups attached to an aromatic ring is 1. The van der Waals surface area contributed by atoms with Gasteiger partial charge in [0, 0.05) is 10.0 Å².